The van der Waals surface area contributed by atoms with Crippen LogP contribution in [0, 0.1) is 0 Å². The Morgan fingerprint density at radius 2 is 1.56 bits per heavy atom. The second kappa shape index (κ2) is 10.7. The number of ether oxygens (including phenoxy) is 4. The summed E-state index contributed by atoms with van der Waals surface area (Å²) in [7, 11) is 6.19. The molecular weight excluding hydrogens is 460 g/mol. The smallest absolute Gasteiger partial charge is 0.330 e. The zero-order valence-electron chi connectivity index (χ0n) is 20.4. The molecule has 8 nitrogen and oxygen atoms in total. The lowest BCUT2D eigenvalue weighted by atomic mass is 10.1. The van der Waals surface area contributed by atoms with Crippen LogP contribution < -0.4 is 24.6 Å². The fraction of sp³-hybridized carbons (Fsp3) is 0.143. The van der Waals surface area contributed by atoms with E-state index in [0.29, 0.717) is 39.8 Å². The van der Waals surface area contributed by atoms with Crippen molar-refractivity contribution in [2.45, 2.75) is 0 Å². The summed E-state index contributed by atoms with van der Waals surface area (Å²) in [4.78, 5) is 28.4. The molecule has 1 N–H and O–H groups in total. The van der Waals surface area contributed by atoms with E-state index in [9.17, 15) is 9.59 Å². The number of carbonyl (C=O) groups excluding carboxylic acids is 1. The molecule has 0 bridgehead atoms. The van der Waals surface area contributed by atoms with Crippen molar-refractivity contribution in [3.63, 3.8) is 0 Å². The maximum atomic E-state index is 12.8. The Morgan fingerprint density at radius 3 is 2.17 bits per heavy atom. The van der Waals surface area contributed by atoms with Crippen molar-refractivity contribution in [1.82, 2.24) is 9.55 Å². The summed E-state index contributed by atoms with van der Waals surface area (Å²) in [5, 5.41) is 0. The Balaban J connectivity index is 1.63. The minimum Gasteiger partial charge on any atom is -0.497 e. The summed E-state index contributed by atoms with van der Waals surface area (Å²) in [6.45, 7) is 0. The van der Waals surface area contributed by atoms with E-state index in [-0.39, 0.29) is 11.5 Å². The molecule has 4 aromatic rings. The molecule has 4 rings (SSSR count). The van der Waals surface area contributed by atoms with E-state index in [2.05, 4.69) is 4.98 Å². The Kier molecular flexibility index (Phi) is 7.25. The Bertz CT molecular complexity index is 1440. The number of rotatable bonds is 9. The molecule has 0 aliphatic heterocycles. The second-order valence-corrected chi connectivity index (χ2v) is 7.78. The molecule has 0 atom stereocenters. The van der Waals surface area contributed by atoms with Crippen LogP contribution in [0.25, 0.3) is 23.0 Å². The number of carbonyl (C=O) groups is 1. The molecule has 184 valence electrons. The first kappa shape index (κ1) is 24.4. The molecule has 1 heterocycles. The molecule has 0 spiro atoms. The molecular formula is C28H26N2O6. The zero-order valence-corrected chi connectivity index (χ0v) is 20.4. The van der Waals surface area contributed by atoms with Crippen LogP contribution in [-0.2, 0) is 0 Å². The number of nitrogens with zero attached hydrogens (tertiary/aromatic N) is 1. The fourth-order valence-electron chi connectivity index (χ4n) is 3.76. The van der Waals surface area contributed by atoms with Gasteiger partial charge in [0.05, 0.1) is 39.8 Å². The van der Waals surface area contributed by atoms with Gasteiger partial charge in [0.1, 0.15) is 5.75 Å². The van der Waals surface area contributed by atoms with E-state index < -0.39 is 0 Å². The number of ketones is 1. The molecule has 0 unspecified atom stereocenters. The minimum atomic E-state index is -0.350. The molecule has 1 aromatic heterocycles. The standard InChI is InChI=1S/C28H26N2O6/c1-33-22-11-8-18(9-12-22)10-13-24(31)19-6-5-7-21(14-19)30-17-23(29-28(30)32)20-15-25(34-2)27(36-4)26(16-20)35-3/h5-17H,1-4H3,(H,29,32)/b13-10+. The highest BCUT2D eigenvalue weighted by Crippen LogP contribution is 2.40. The summed E-state index contributed by atoms with van der Waals surface area (Å²) >= 11 is 0. The maximum Gasteiger partial charge on any atom is 0.330 e. The first-order valence-corrected chi connectivity index (χ1v) is 11.1. The van der Waals surface area contributed by atoms with Crippen molar-refractivity contribution in [2.24, 2.45) is 0 Å². The van der Waals surface area contributed by atoms with Crippen LogP contribution in [0.1, 0.15) is 15.9 Å². The molecule has 0 saturated heterocycles. The third-order valence-electron chi connectivity index (χ3n) is 5.65. The predicted molar refractivity (Wildman–Crippen MR) is 138 cm³/mol. The lowest BCUT2D eigenvalue weighted by molar-refractivity contribution is 0.104. The molecule has 0 aliphatic rings. The van der Waals surface area contributed by atoms with Gasteiger partial charge in [-0.3, -0.25) is 9.36 Å². The van der Waals surface area contributed by atoms with Crippen LogP contribution in [0.5, 0.6) is 23.0 Å². The van der Waals surface area contributed by atoms with Gasteiger partial charge in [-0.05, 0) is 48.0 Å². The van der Waals surface area contributed by atoms with Gasteiger partial charge in [-0.2, -0.15) is 0 Å². The van der Waals surface area contributed by atoms with Gasteiger partial charge in [-0.1, -0.05) is 30.3 Å². The number of aromatic nitrogens is 2. The quantitative estimate of drug-likeness (QED) is 0.271. The largest absolute Gasteiger partial charge is 0.497 e. The number of methoxy groups -OCH3 is 4. The SMILES string of the molecule is COc1ccc(/C=C/C(=O)c2cccc(-n3cc(-c4cc(OC)c(OC)c(OC)c4)[nH]c3=O)c2)cc1. The maximum absolute atomic E-state index is 12.8. The normalized spacial score (nSPS) is 10.9. The molecule has 0 radical (unpaired) electrons. The number of H-pyrrole nitrogens is 1. The number of allylic oxidation sites excluding steroid dienone is 1. The summed E-state index contributed by atoms with van der Waals surface area (Å²) in [5.41, 5.74) is 2.76. The summed E-state index contributed by atoms with van der Waals surface area (Å²) in [5.74, 6) is 1.96. The topological polar surface area (TPSA) is 91.8 Å². The van der Waals surface area contributed by atoms with Gasteiger partial charge >= 0.3 is 5.69 Å². The van der Waals surface area contributed by atoms with Crippen LogP contribution in [0.2, 0.25) is 0 Å². The van der Waals surface area contributed by atoms with E-state index in [4.69, 9.17) is 18.9 Å². The number of aromatic amines is 1. The third-order valence-corrected chi connectivity index (χ3v) is 5.65. The van der Waals surface area contributed by atoms with E-state index in [1.165, 1.54) is 32.0 Å². The van der Waals surface area contributed by atoms with E-state index in [1.54, 1.807) is 55.8 Å². The first-order valence-electron chi connectivity index (χ1n) is 11.1. The average molecular weight is 487 g/mol. The van der Waals surface area contributed by atoms with Crippen molar-refractivity contribution >= 4 is 11.9 Å². The van der Waals surface area contributed by atoms with E-state index in [1.807, 2.05) is 24.3 Å². The number of hydrogen-bond acceptors (Lipinski definition) is 6. The number of benzene rings is 3. The predicted octanol–water partition coefficient (Wildman–Crippen LogP) is 4.76. The van der Waals surface area contributed by atoms with E-state index in [0.717, 1.165) is 11.3 Å². The van der Waals surface area contributed by atoms with Gasteiger partial charge in [0.15, 0.2) is 17.3 Å². The highest BCUT2D eigenvalue weighted by molar-refractivity contribution is 6.07. The highest BCUT2D eigenvalue weighted by atomic mass is 16.5. The Labute approximate surface area is 208 Å². The molecule has 0 saturated carbocycles. The molecule has 0 aliphatic carbocycles. The van der Waals surface area contributed by atoms with Crippen LogP contribution in [-0.4, -0.2) is 43.8 Å². The lowest BCUT2D eigenvalue weighted by Crippen LogP contribution is -2.14. The monoisotopic (exact) mass is 486 g/mol. The van der Waals surface area contributed by atoms with Crippen molar-refractivity contribution < 1.29 is 23.7 Å². The van der Waals surface area contributed by atoms with Crippen LogP contribution >= 0.6 is 0 Å². The number of hydrogen-bond donors (Lipinski definition) is 1. The van der Waals surface area contributed by atoms with E-state index >= 15 is 0 Å². The van der Waals surface area contributed by atoms with Gasteiger partial charge in [-0.25, -0.2) is 4.79 Å². The molecule has 3 aromatic carbocycles. The minimum absolute atomic E-state index is 0.180. The first-order chi connectivity index (χ1) is 17.5. The molecule has 0 fully saturated rings. The zero-order chi connectivity index (χ0) is 25.7. The van der Waals surface area contributed by atoms with Gasteiger partial charge in [0.2, 0.25) is 5.75 Å². The second-order valence-electron chi connectivity index (χ2n) is 7.78. The molecule has 36 heavy (non-hydrogen) atoms. The van der Waals surface area contributed by atoms with Gasteiger partial charge in [0, 0.05) is 17.3 Å². The summed E-state index contributed by atoms with van der Waals surface area (Å²) in [6, 6.07) is 17.8. The highest BCUT2D eigenvalue weighted by Gasteiger charge is 2.16. The third kappa shape index (κ3) is 5.02. The summed E-state index contributed by atoms with van der Waals surface area (Å²) < 4.78 is 22.8. The number of nitrogens with one attached hydrogen (secondary N) is 1. The average Bonchev–Trinajstić information content (AvgIpc) is 3.32. The van der Waals surface area contributed by atoms with Gasteiger partial charge in [-0.15, -0.1) is 0 Å². The lowest BCUT2D eigenvalue weighted by Gasteiger charge is -2.13. The summed E-state index contributed by atoms with van der Waals surface area (Å²) in [6.07, 6.45) is 4.90. The molecule has 8 heteroatoms. The fourth-order valence-corrected chi connectivity index (χ4v) is 3.76. The number of imidazole rings is 1. The van der Waals surface area contributed by atoms with Gasteiger partial charge in [0.25, 0.3) is 0 Å². The van der Waals surface area contributed by atoms with Crippen LogP contribution in [0.15, 0.2) is 77.7 Å². The van der Waals surface area contributed by atoms with Gasteiger partial charge < -0.3 is 23.9 Å². The van der Waals surface area contributed by atoms with Crippen molar-refractivity contribution in [3.05, 3.63) is 94.5 Å². The van der Waals surface area contributed by atoms with Crippen LogP contribution in [0.4, 0.5) is 0 Å². The Hall–Kier alpha value is -4.72. The van der Waals surface area contributed by atoms with Crippen molar-refractivity contribution in [2.75, 3.05) is 28.4 Å². The Morgan fingerprint density at radius 1 is 0.861 bits per heavy atom. The van der Waals surface area contributed by atoms with Crippen molar-refractivity contribution in [3.8, 4) is 39.9 Å². The van der Waals surface area contributed by atoms with Crippen LogP contribution in [0.3, 0.4) is 0 Å². The molecule has 0 amide bonds. The van der Waals surface area contributed by atoms with Crippen molar-refractivity contribution in [1.29, 1.82) is 0 Å².